The summed E-state index contributed by atoms with van der Waals surface area (Å²) in [5.74, 6) is -0.0118. The van der Waals surface area contributed by atoms with Crippen molar-refractivity contribution in [2.45, 2.75) is 23.6 Å². The van der Waals surface area contributed by atoms with Crippen LogP contribution in [-0.4, -0.2) is 18.6 Å². The molecule has 2 aromatic carbocycles. The van der Waals surface area contributed by atoms with Crippen molar-refractivity contribution < 1.29 is 18.6 Å². The average Bonchev–Trinajstić information content (AvgIpc) is 2.35. The molecule has 0 saturated heterocycles. The van der Waals surface area contributed by atoms with E-state index < -0.39 is 9.84 Å². The van der Waals surface area contributed by atoms with Gasteiger partial charge in [0.1, 0.15) is 11.5 Å². The van der Waals surface area contributed by atoms with Crippen LogP contribution >= 0.6 is 0 Å². The zero-order valence-electron chi connectivity index (χ0n) is 10.6. The lowest BCUT2D eigenvalue weighted by Gasteiger charge is -2.08. The third kappa shape index (κ3) is 2.42. The summed E-state index contributed by atoms with van der Waals surface area (Å²) in [4.78, 5) is 0.117. The van der Waals surface area contributed by atoms with Crippen LogP contribution in [0.15, 0.2) is 46.2 Å². The van der Waals surface area contributed by atoms with E-state index in [1.807, 2.05) is 0 Å². The Morgan fingerprint density at radius 3 is 1.95 bits per heavy atom. The number of aryl methyl sites for hydroxylation is 2. The van der Waals surface area contributed by atoms with Crippen molar-refractivity contribution in [3.05, 3.63) is 47.5 Å². The Hall–Kier alpha value is -2.01. The second-order valence-electron chi connectivity index (χ2n) is 4.40. The summed E-state index contributed by atoms with van der Waals surface area (Å²) in [6.45, 7) is 3.32. The highest BCUT2D eigenvalue weighted by atomic mass is 32.2. The van der Waals surface area contributed by atoms with Gasteiger partial charge in [-0.05, 0) is 55.3 Å². The second-order valence-corrected chi connectivity index (χ2v) is 6.35. The van der Waals surface area contributed by atoms with Crippen molar-refractivity contribution in [1.29, 1.82) is 0 Å². The fourth-order valence-electron chi connectivity index (χ4n) is 1.69. The summed E-state index contributed by atoms with van der Waals surface area (Å²) >= 11 is 0. The molecule has 2 N–H and O–H groups in total. The Kier molecular flexibility index (Phi) is 3.24. The third-order valence-corrected chi connectivity index (χ3v) is 4.72. The highest BCUT2D eigenvalue weighted by Crippen LogP contribution is 2.28. The van der Waals surface area contributed by atoms with Gasteiger partial charge < -0.3 is 10.2 Å². The first kappa shape index (κ1) is 13.4. The van der Waals surface area contributed by atoms with E-state index in [-0.39, 0.29) is 21.3 Å². The molecule has 19 heavy (non-hydrogen) atoms. The predicted molar refractivity (Wildman–Crippen MR) is 71.1 cm³/mol. The van der Waals surface area contributed by atoms with Gasteiger partial charge in [0.2, 0.25) is 9.84 Å². The molecule has 0 unspecified atom stereocenters. The summed E-state index contributed by atoms with van der Waals surface area (Å²) in [7, 11) is -3.69. The summed E-state index contributed by atoms with van der Waals surface area (Å²) in [6.07, 6.45) is 0. The molecular weight excluding hydrogens is 264 g/mol. The number of phenols is 2. The first-order chi connectivity index (χ1) is 8.82. The molecule has 0 fully saturated rings. The molecule has 0 aliphatic carbocycles. The van der Waals surface area contributed by atoms with Gasteiger partial charge in [0.15, 0.2) is 0 Å². The molecule has 0 radical (unpaired) electrons. The smallest absolute Gasteiger partial charge is 0.206 e. The molecule has 100 valence electrons. The normalized spacial score (nSPS) is 11.5. The standard InChI is InChI=1S/C14H14O4S/c1-9-3-4-12(8-14(9)16)19(17,18)11-5-6-13(15)10(2)7-11/h3-8,15-16H,1-2H3. The van der Waals surface area contributed by atoms with Gasteiger partial charge in [0, 0.05) is 0 Å². The molecule has 0 bridgehead atoms. The number of rotatable bonds is 2. The van der Waals surface area contributed by atoms with Crippen LogP contribution in [0.25, 0.3) is 0 Å². The minimum Gasteiger partial charge on any atom is -0.508 e. The Bertz CT molecular complexity index is 676. The molecule has 0 heterocycles. The fourth-order valence-corrected chi connectivity index (χ4v) is 3.05. The maximum atomic E-state index is 12.4. The molecule has 0 amide bonds. The SMILES string of the molecule is Cc1cc(S(=O)(=O)c2ccc(C)c(O)c2)ccc1O. The number of hydrogen-bond acceptors (Lipinski definition) is 4. The Morgan fingerprint density at radius 2 is 1.37 bits per heavy atom. The van der Waals surface area contributed by atoms with Crippen LogP contribution in [0, 0.1) is 13.8 Å². The van der Waals surface area contributed by atoms with E-state index in [9.17, 15) is 18.6 Å². The third-order valence-electron chi connectivity index (χ3n) is 2.97. The second kappa shape index (κ2) is 4.59. The summed E-state index contributed by atoms with van der Waals surface area (Å²) < 4.78 is 24.7. The lowest BCUT2D eigenvalue weighted by atomic mass is 10.2. The zero-order chi connectivity index (χ0) is 14.2. The molecule has 0 saturated carbocycles. The van der Waals surface area contributed by atoms with Crippen LogP contribution in [0.5, 0.6) is 11.5 Å². The van der Waals surface area contributed by atoms with Crippen LogP contribution in [0.2, 0.25) is 0 Å². The van der Waals surface area contributed by atoms with Crippen LogP contribution in [-0.2, 0) is 9.84 Å². The van der Waals surface area contributed by atoms with E-state index in [0.717, 1.165) is 0 Å². The molecule has 5 heteroatoms. The number of sulfone groups is 1. The van der Waals surface area contributed by atoms with Crippen molar-refractivity contribution >= 4 is 9.84 Å². The molecule has 4 nitrogen and oxygen atoms in total. The molecule has 2 rings (SSSR count). The van der Waals surface area contributed by atoms with Gasteiger partial charge in [-0.2, -0.15) is 0 Å². The molecule has 0 atom stereocenters. The van der Waals surface area contributed by atoms with Crippen LogP contribution in [0.3, 0.4) is 0 Å². The number of hydrogen-bond donors (Lipinski definition) is 2. The van der Waals surface area contributed by atoms with Crippen LogP contribution < -0.4 is 0 Å². The minimum absolute atomic E-state index is 0.0284. The maximum absolute atomic E-state index is 12.4. The van der Waals surface area contributed by atoms with Crippen molar-refractivity contribution in [3.63, 3.8) is 0 Å². The first-order valence-electron chi connectivity index (χ1n) is 5.66. The van der Waals surface area contributed by atoms with Crippen LogP contribution in [0.4, 0.5) is 0 Å². The summed E-state index contributed by atoms with van der Waals surface area (Å²) in [6, 6.07) is 8.32. The molecule has 2 aromatic rings. The lowest BCUT2D eigenvalue weighted by molar-refractivity contribution is 0.468. The van der Waals surface area contributed by atoms with Gasteiger partial charge in [0.25, 0.3) is 0 Å². The molecular formula is C14H14O4S. The predicted octanol–water partition coefficient (Wildman–Crippen LogP) is 2.55. The molecule has 0 aromatic heterocycles. The minimum atomic E-state index is -3.69. The van der Waals surface area contributed by atoms with E-state index in [1.54, 1.807) is 19.9 Å². The van der Waals surface area contributed by atoms with Gasteiger partial charge in [0.05, 0.1) is 9.79 Å². The molecule has 0 aliphatic rings. The van der Waals surface area contributed by atoms with E-state index in [2.05, 4.69) is 0 Å². The summed E-state index contributed by atoms with van der Waals surface area (Å²) in [5, 5.41) is 19.0. The van der Waals surface area contributed by atoms with Crippen molar-refractivity contribution in [2.24, 2.45) is 0 Å². The quantitative estimate of drug-likeness (QED) is 0.885. The molecule has 0 spiro atoms. The van der Waals surface area contributed by atoms with E-state index in [0.29, 0.717) is 11.1 Å². The maximum Gasteiger partial charge on any atom is 0.206 e. The van der Waals surface area contributed by atoms with Gasteiger partial charge >= 0.3 is 0 Å². The number of phenolic OH excluding ortho intramolecular Hbond substituents is 2. The first-order valence-corrected chi connectivity index (χ1v) is 7.15. The van der Waals surface area contributed by atoms with E-state index in [1.165, 1.54) is 30.3 Å². The Labute approximate surface area is 111 Å². The van der Waals surface area contributed by atoms with Crippen molar-refractivity contribution in [3.8, 4) is 11.5 Å². The topological polar surface area (TPSA) is 74.6 Å². The van der Waals surface area contributed by atoms with E-state index >= 15 is 0 Å². The number of aromatic hydroxyl groups is 2. The number of benzene rings is 2. The lowest BCUT2D eigenvalue weighted by Crippen LogP contribution is -2.02. The average molecular weight is 278 g/mol. The zero-order valence-corrected chi connectivity index (χ0v) is 11.4. The highest BCUT2D eigenvalue weighted by molar-refractivity contribution is 7.91. The Morgan fingerprint density at radius 1 is 0.789 bits per heavy atom. The van der Waals surface area contributed by atoms with Gasteiger partial charge in [-0.15, -0.1) is 0 Å². The van der Waals surface area contributed by atoms with E-state index in [4.69, 9.17) is 0 Å². The van der Waals surface area contributed by atoms with Crippen molar-refractivity contribution in [1.82, 2.24) is 0 Å². The Balaban J connectivity index is 2.58. The van der Waals surface area contributed by atoms with Crippen molar-refractivity contribution in [2.75, 3.05) is 0 Å². The van der Waals surface area contributed by atoms with Crippen LogP contribution in [0.1, 0.15) is 11.1 Å². The van der Waals surface area contributed by atoms with Gasteiger partial charge in [-0.1, -0.05) is 6.07 Å². The van der Waals surface area contributed by atoms with Gasteiger partial charge in [-0.25, -0.2) is 8.42 Å². The van der Waals surface area contributed by atoms with Gasteiger partial charge in [-0.3, -0.25) is 0 Å². The monoisotopic (exact) mass is 278 g/mol. The largest absolute Gasteiger partial charge is 0.508 e. The fraction of sp³-hybridized carbons (Fsp3) is 0.143. The highest BCUT2D eigenvalue weighted by Gasteiger charge is 2.19. The molecule has 0 aliphatic heterocycles. The summed E-state index contributed by atoms with van der Waals surface area (Å²) in [5.41, 5.74) is 1.10.